The van der Waals surface area contributed by atoms with Gasteiger partial charge in [-0.3, -0.25) is 4.57 Å². The molecule has 6 rings (SSSR count). The van der Waals surface area contributed by atoms with Crippen LogP contribution in [-0.4, -0.2) is 57.8 Å². The maximum absolute atomic E-state index is 13.8. The number of hydrogen-bond donors (Lipinski definition) is 1. The van der Waals surface area contributed by atoms with Gasteiger partial charge in [0, 0.05) is 13.2 Å². The van der Waals surface area contributed by atoms with Crippen molar-refractivity contribution in [3.63, 3.8) is 0 Å². The van der Waals surface area contributed by atoms with Gasteiger partial charge >= 0.3 is 0 Å². The van der Waals surface area contributed by atoms with Crippen LogP contribution < -0.4 is 15.1 Å². The average Bonchev–Trinajstić information content (AvgIpc) is 3.41. The van der Waals surface area contributed by atoms with E-state index in [4.69, 9.17) is 21.3 Å². The van der Waals surface area contributed by atoms with E-state index in [0.717, 1.165) is 25.7 Å². The Balaban J connectivity index is 1.47. The van der Waals surface area contributed by atoms with Crippen molar-refractivity contribution in [3.8, 4) is 5.95 Å². The molecule has 180 valence electrons. The Morgan fingerprint density at radius 2 is 1.91 bits per heavy atom. The molecule has 1 saturated heterocycles. The van der Waals surface area contributed by atoms with Crippen LogP contribution in [0.25, 0.3) is 21.8 Å². The number of imidazole rings is 1. The number of hydrogen-bond acceptors (Lipinski definition) is 7. The number of fused-ring (bicyclic) bond motifs is 2. The third kappa shape index (κ3) is 3.56. The summed E-state index contributed by atoms with van der Waals surface area (Å²) >= 11 is 0. The summed E-state index contributed by atoms with van der Waals surface area (Å²) in [6.45, 7) is 10.7. The highest BCUT2D eigenvalue weighted by Crippen LogP contribution is 2.46. The fourth-order valence-corrected chi connectivity index (χ4v) is 5.20. The monoisotopic (exact) mass is 478 g/mol. The van der Waals surface area contributed by atoms with Gasteiger partial charge in [0.05, 0.1) is 36.8 Å². The van der Waals surface area contributed by atoms with Crippen LogP contribution in [0.5, 0.6) is 0 Å². The van der Waals surface area contributed by atoms with Crippen LogP contribution in [0.3, 0.4) is 0 Å². The van der Waals surface area contributed by atoms with Crippen molar-refractivity contribution >= 4 is 34.0 Å². The Morgan fingerprint density at radius 1 is 1.17 bits per heavy atom. The topological polar surface area (TPSA) is 75.7 Å². The van der Waals surface area contributed by atoms with Crippen LogP contribution in [0.2, 0.25) is 0 Å². The second kappa shape index (κ2) is 7.88. The quantitative estimate of drug-likeness (QED) is 0.554. The first kappa shape index (κ1) is 21.7. The zero-order valence-corrected chi connectivity index (χ0v) is 19.2. The number of alkyl halides is 2. The highest BCUT2D eigenvalue weighted by molar-refractivity contribution is 5.88. The summed E-state index contributed by atoms with van der Waals surface area (Å²) in [6.07, 6.45) is 5.49. The highest BCUT2D eigenvalue weighted by Gasteiger charge is 2.47. The second-order valence-corrected chi connectivity index (χ2v) is 9.27. The number of aromatic nitrogens is 4. The van der Waals surface area contributed by atoms with E-state index in [1.54, 1.807) is 41.1 Å². The van der Waals surface area contributed by atoms with Crippen molar-refractivity contribution in [2.75, 3.05) is 35.3 Å². The summed E-state index contributed by atoms with van der Waals surface area (Å²) in [7, 11) is 1.74. The summed E-state index contributed by atoms with van der Waals surface area (Å²) in [4.78, 5) is 21.1. The molecule has 1 N–H and O–H groups in total. The number of benzene rings is 1. The normalized spacial score (nSPS) is 23.1. The molecule has 1 saturated carbocycles. The van der Waals surface area contributed by atoms with Crippen LogP contribution in [0.1, 0.15) is 25.7 Å². The largest absolute Gasteiger partial charge is 0.381 e. The summed E-state index contributed by atoms with van der Waals surface area (Å²) in [6, 6.07) is 5.36. The minimum Gasteiger partial charge on any atom is -0.381 e. The number of halogens is 2. The van der Waals surface area contributed by atoms with E-state index in [1.807, 2.05) is 0 Å². The van der Waals surface area contributed by atoms with Crippen molar-refractivity contribution in [3.05, 3.63) is 48.3 Å². The molecule has 1 aromatic carbocycles. The molecule has 4 heterocycles. The van der Waals surface area contributed by atoms with Crippen molar-refractivity contribution in [1.29, 1.82) is 0 Å². The van der Waals surface area contributed by atoms with Crippen molar-refractivity contribution in [2.45, 2.75) is 43.8 Å². The number of ether oxygens (including phenoxy) is 1. The Morgan fingerprint density at radius 3 is 2.60 bits per heavy atom. The molecule has 3 aromatic rings. The Labute approximate surface area is 200 Å². The summed E-state index contributed by atoms with van der Waals surface area (Å²) in [5, 5.41) is 3.27. The molecule has 0 spiro atoms. The number of nitrogens with one attached hydrogen (secondary N) is 1. The van der Waals surface area contributed by atoms with Gasteiger partial charge in [-0.1, -0.05) is 12.6 Å². The van der Waals surface area contributed by atoms with E-state index < -0.39 is 19.0 Å². The number of anilines is 3. The van der Waals surface area contributed by atoms with E-state index in [2.05, 4.69) is 26.6 Å². The van der Waals surface area contributed by atoms with Gasteiger partial charge in [0.25, 0.3) is 5.92 Å². The lowest BCUT2D eigenvalue weighted by molar-refractivity contribution is -0.0266. The van der Waals surface area contributed by atoms with E-state index in [9.17, 15) is 8.78 Å². The summed E-state index contributed by atoms with van der Waals surface area (Å²) in [5.74, 6) is -0.752. The third-order valence-electron chi connectivity index (χ3n) is 7.01. The lowest BCUT2D eigenvalue weighted by Crippen LogP contribution is -2.56. The van der Waals surface area contributed by atoms with Crippen molar-refractivity contribution in [2.24, 2.45) is 0 Å². The standard InChI is InChI=1S/C24H24F2N8O/c1-14-29-20-21(32-11-24(25,26)12-32)30-23(33-13-28-18-9-4-15(27-2)10-19(18)33)31-22(20)34(14)16-5-7-17(35-3)8-6-16/h4,9-10,13,16-17,29H,1,5-8,11-12H2,3H3. The average molecular weight is 479 g/mol. The summed E-state index contributed by atoms with van der Waals surface area (Å²) < 4.78 is 34.9. The van der Waals surface area contributed by atoms with Gasteiger partial charge in [0.1, 0.15) is 17.8 Å². The van der Waals surface area contributed by atoms with Gasteiger partial charge in [-0.25, -0.2) is 18.6 Å². The molecule has 0 amide bonds. The highest BCUT2D eigenvalue weighted by atomic mass is 19.3. The van der Waals surface area contributed by atoms with Gasteiger partial charge in [-0.05, 0) is 37.8 Å². The molecule has 1 aliphatic carbocycles. The SMILES string of the molecule is [C-]#[N+]c1ccc2ncn(-c3nc(N4CC(F)(F)C4)c4c(n3)N(C3CCC(OC)CC3)C(=C)N4)c2c1. The number of methoxy groups -OCH3 is 1. The van der Waals surface area contributed by atoms with E-state index in [0.29, 0.717) is 45.8 Å². The Bertz CT molecular complexity index is 1360. The molecule has 0 radical (unpaired) electrons. The lowest BCUT2D eigenvalue weighted by Gasteiger charge is -2.40. The molecule has 0 unspecified atom stereocenters. The molecule has 2 aromatic heterocycles. The first-order valence-corrected chi connectivity index (χ1v) is 11.5. The van der Waals surface area contributed by atoms with Gasteiger partial charge in [0.2, 0.25) is 5.95 Å². The molecule has 0 atom stereocenters. The molecule has 9 nitrogen and oxygen atoms in total. The van der Waals surface area contributed by atoms with Crippen LogP contribution >= 0.6 is 0 Å². The van der Waals surface area contributed by atoms with Crippen LogP contribution in [0.15, 0.2) is 36.9 Å². The predicted molar refractivity (Wildman–Crippen MR) is 128 cm³/mol. The first-order valence-electron chi connectivity index (χ1n) is 11.5. The molecular formula is C24H24F2N8O. The molecule has 2 fully saturated rings. The lowest BCUT2D eigenvalue weighted by atomic mass is 9.92. The molecule has 0 bridgehead atoms. The number of nitrogens with zero attached hydrogens (tertiary/aromatic N) is 7. The second-order valence-electron chi connectivity index (χ2n) is 9.27. The minimum atomic E-state index is -2.75. The third-order valence-corrected chi connectivity index (χ3v) is 7.01. The number of rotatable bonds is 4. The van der Waals surface area contributed by atoms with Crippen LogP contribution in [-0.2, 0) is 4.74 Å². The molecule has 3 aliphatic rings. The predicted octanol–water partition coefficient (Wildman–Crippen LogP) is 4.48. The van der Waals surface area contributed by atoms with Crippen LogP contribution in [0.4, 0.5) is 31.8 Å². The van der Waals surface area contributed by atoms with Gasteiger partial charge in [0.15, 0.2) is 17.3 Å². The Hall–Kier alpha value is -3.78. The molecule has 35 heavy (non-hydrogen) atoms. The fourth-order valence-electron chi connectivity index (χ4n) is 5.20. The molecular weight excluding hydrogens is 454 g/mol. The molecule has 2 aliphatic heterocycles. The molecule has 11 heteroatoms. The van der Waals surface area contributed by atoms with Crippen molar-refractivity contribution < 1.29 is 13.5 Å². The van der Waals surface area contributed by atoms with Crippen LogP contribution in [0, 0.1) is 6.57 Å². The minimum absolute atomic E-state index is 0.157. The van der Waals surface area contributed by atoms with Gasteiger partial charge < -0.3 is 19.9 Å². The van der Waals surface area contributed by atoms with Gasteiger partial charge in [-0.2, -0.15) is 9.97 Å². The zero-order chi connectivity index (χ0) is 24.3. The van der Waals surface area contributed by atoms with Crippen molar-refractivity contribution in [1.82, 2.24) is 19.5 Å². The first-order chi connectivity index (χ1) is 16.9. The van der Waals surface area contributed by atoms with E-state index >= 15 is 0 Å². The van der Waals surface area contributed by atoms with E-state index in [-0.39, 0.29) is 12.1 Å². The fraction of sp³-hybridized carbons (Fsp3) is 0.417. The van der Waals surface area contributed by atoms with Gasteiger partial charge in [-0.15, -0.1) is 0 Å². The zero-order valence-electron chi connectivity index (χ0n) is 19.2. The summed E-state index contributed by atoms with van der Waals surface area (Å²) in [5.41, 5.74) is 2.43. The van der Waals surface area contributed by atoms with E-state index in [1.165, 1.54) is 0 Å². The smallest absolute Gasteiger partial charge is 0.282 e. The Kier molecular flexibility index (Phi) is 4.89. The maximum Gasteiger partial charge on any atom is 0.282 e. The maximum atomic E-state index is 13.8.